The molecule has 0 bridgehead atoms. The molecule has 2 heterocycles. The summed E-state index contributed by atoms with van der Waals surface area (Å²) in [6.07, 6.45) is 4.70. The molecule has 0 amide bonds. The van der Waals surface area contributed by atoms with Gasteiger partial charge in [0.2, 0.25) is 5.52 Å². The Morgan fingerprint density at radius 2 is 1.78 bits per heavy atom. The minimum absolute atomic E-state index is 1.06. The SMILES string of the molecule is CCCN1C(=Cc2sc3ccc(C)cc3[n+]2CCC)Sc2ccc(C)cc21. The van der Waals surface area contributed by atoms with Gasteiger partial charge in [0.25, 0.3) is 5.01 Å². The van der Waals surface area contributed by atoms with Gasteiger partial charge in [-0.2, -0.15) is 4.57 Å². The lowest BCUT2D eigenvalue weighted by Crippen LogP contribution is -2.35. The Hall–Kier alpha value is -1.78. The number of hydrogen-bond donors (Lipinski definition) is 0. The molecule has 0 aliphatic carbocycles. The first-order valence-corrected chi connectivity index (χ1v) is 11.4. The third-order valence-electron chi connectivity index (χ3n) is 4.91. The second-order valence-electron chi connectivity index (χ2n) is 7.27. The highest BCUT2D eigenvalue weighted by atomic mass is 32.2. The van der Waals surface area contributed by atoms with Crippen LogP contribution in [0, 0.1) is 13.8 Å². The van der Waals surface area contributed by atoms with E-state index < -0.39 is 0 Å². The number of aromatic nitrogens is 1. The fraction of sp³-hybridized carbons (Fsp3) is 0.348. The monoisotopic (exact) mass is 395 g/mol. The summed E-state index contributed by atoms with van der Waals surface area (Å²) in [6, 6.07) is 13.6. The highest BCUT2D eigenvalue weighted by Crippen LogP contribution is 2.47. The second-order valence-corrected chi connectivity index (χ2v) is 9.40. The normalized spacial score (nSPS) is 15.1. The van der Waals surface area contributed by atoms with Crippen molar-refractivity contribution in [2.75, 3.05) is 11.4 Å². The zero-order valence-electron chi connectivity index (χ0n) is 16.6. The van der Waals surface area contributed by atoms with Crippen LogP contribution in [0.2, 0.25) is 0 Å². The van der Waals surface area contributed by atoms with Crippen LogP contribution in [0.25, 0.3) is 16.3 Å². The van der Waals surface area contributed by atoms with E-state index in [0.717, 1.165) is 25.9 Å². The molecule has 4 heteroatoms. The van der Waals surface area contributed by atoms with E-state index in [4.69, 9.17) is 0 Å². The van der Waals surface area contributed by atoms with Crippen LogP contribution >= 0.6 is 23.1 Å². The molecule has 0 radical (unpaired) electrons. The molecule has 27 heavy (non-hydrogen) atoms. The number of hydrogen-bond acceptors (Lipinski definition) is 3. The lowest BCUT2D eigenvalue weighted by atomic mass is 10.2. The van der Waals surface area contributed by atoms with E-state index in [9.17, 15) is 0 Å². The summed E-state index contributed by atoms with van der Waals surface area (Å²) in [5, 5.41) is 2.70. The van der Waals surface area contributed by atoms with Gasteiger partial charge < -0.3 is 4.90 Å². The Kier molecular flexibility index (Phi) is 5.29. The molecule has 0 unspecified atom stereocenters. The maximum absolute atomic E-state index is 2.50. The van der Waals surface area contributed by atoms with E-state index in [2.05, 4.69) is 79.6 Å². The molecule has 0 saturated carbocycles. The Labute approximate surface area is 170 Å². The molecule has 2 aromatic carbocycles. The quantitative estimate of drug-likeness (QED) is 0.453. The zero-order valence-corrected chi connectivity index (χ0v) is 18.2. The number of thiazole rings is 1. The molecule has 0 fully saturated rings. The zero-order chi connectivity index (χ0) is 19.0. The third kappa shape index (κ3) is 3.53. The van der Waals surface area contributed by atoms with Crippen LogP contribution in [0.5, 0.6) is 0 Å². The first-order valence-electron chi connectivity index (χ1n) is 9.81. The van der Waals surface area contributed by atoms with E-state index >= 15 is 0 Å². The average molecular weight is 396 g/mol. The number of thioether (sulfide) groups is 1. The van der Waals surface area contributed by atoms with Crippen molar-refractivity contribution in [3.05, 3.63) is 57.6 Å². The van der Waals surface area contributed by atoms with Crippen LogP contribution in [0.3, 0.4) is 0 Å². The molecule has 3 aromatic rings. The van der Waals surface area contributed by atoms with E-state index in [1.807, 2.05) is 23.1 Å². The number of nitrogens with zero attached hydrogens (tertiary/aromatic N) is 2. The molecule has 1 aromatic heterocycles. The van der Waals surface area contributed by atoms with Crippen molar-refractivity contribution >= 4 is 45.1 Å². The van der Waals surface area contributed by atoms with E-state index in [1.54, 1.807) is 0 Å². The second kappa shape index (κ2) is 7.69. The number of benzene rings is 2. The van der Waals surface area contributed by atoms with Gasteiger partial charge in [-0.25, -0.2) is 0 Å². The van der Waals surface area contributed by atoms with Gasteiger partial charge in [-0.1, -0.05) is 49.1 Å². The summed E-state index contributed by atoms with van der Waals surface area (Å²) in [7, 11) is 0. The van der Waals surface area contributed by atoms with Gasteiger partial charge in [0.1, 0.15) is 11.2 Å². The Balaban J connectivity index is 1.82. The Morgan fingerprint density at radius 1 is 1.00 bits per heavy atom. The highest BCUT2D eigenvalue weighted by molar-refractivity contribution is 8.03. The van der Waals surface area contributed by atoms with Gasteiger partial charge in [0.05, 0.1) is 16.8 Å². The van der Waals surface area contributed by atoms with E-state index in [0.29, 0.717) is 0 Å². The number of fused-ring (bicyclic) bond motifs is 2. The van der Waals surface area contributed by atoms with E-state index in [-0.39, 0.29) is 0 Å². The minimum Gasteiger partial charge on any atom is -0.335 e. The van der Waals surface area contributed by atoms with Gasteiger partial charge in [-0.05, 0) is 49.6 Å². The van der Waals surface area contributed by atoms with Gasteiger partial charge in [-0.15, -0.1) is 0 Å². The molecule has 0 saturated heterocycles. The van der Waals surface area contributed by atoms with Crippen molar-refractivity contribution in [2.24, 2.45) is 0 Å². The summed E-state index contributed by atoms with van der Waals surface area (Å²) in [5.74, 6) is 0. The van der Waals surface area contributed by atoms with Crippen LogP contribution in [-0.2, 0) is 6.54 Å². The summed E-state index contributed by atoms with van der Waals surface area (Å²) >= 11 is 3.82. The first-order chi connectivity index (χ1) is 13.1. The van der Waals surface area contributed by atoms with Gasteiger partial charge in [0, 0.05) is 23.9 Å². The summed E-state index contributed by atoms with van der Waals surface area (Å²) < 4.78 is 3.87. The number of aryl methyl sites for hydroxylation is 3. The van der Waals surface area contributed by atoms with Crippen molar-refractivity contribution in [2.45, 2.75) is 52.0 Å². The van der Waals surface area contributed by atoms with Crippen LogP contribution in [0.1, 0.15) is 42.8 Å². The Morgan fingerprint density at radius 3 is 2.56 bits per heavy atom. The molecule has 140 valence electrons. The predicted molar refractivity (Wildman–Crippen MR) is 120 cm³/mol. The fourth-order valence-corrected chi connectivity index (χ4v) is 5.94. The van der Waals surface area contributed by atoms with Crippen molar-refractivity contribution in [1.82, 2.24) is 0 Å². The molecular weight excluding hydrogens is 368 g/mol. The molecule has 0 spiro atoms. The summed E-state index contributed by atoms with van der Waals surface area (Å²) in [6.45, 7) is 11.0. The lowest BCUT2D eigenvalue weighted by Gasteiger charge is -2.19. The maximum atomic E-state index is 2.50. The maximum Gasteiger partial charge on any atom is 0.265 e. The first kappa shape index (κ1) is 18.6. The van der Waals surface area contributed by atoms with Crippen molar-refractivity contribution in [3.63, 3.8) is 0 Å². The number of rotatable bonds is 5. The van der Waals surface area contributed by atoms with Crippen molar-refractivity contribution in [3.8, 4) is 0 Å². The molecule has 1 aliphatic heterocycles. The van der Waals surface area contributed by atoms with Crippen LogP contribution in [0.15, 0.2) is 46.3 Å². The topological polar surface area (TPSA) is 7.12 Å². The lowest BCUT2D eigenvalue weighted by molar-refractivity contribution is -0.668. The fourth-order valence-electron chi connectivity index (χ4n) is 3.65. The van der Waals surface area contributed by atoms with Crippen molar-refractivity contribution < 1.29 is 4.57 Å². The molecular formula is C23H27N2S2+. The third-order valence-corrected chi connectivity index (χ3v) is 7.14. The van der Waals surface area contributed by atoms with Gasteiger partial charge in [0.15, 0.2) is 0 Å². The standard InChI is InChI=1S/C23H27N2S2/c1-5-11-24-18-13-16(3)7-9-20(18)26-22(24)15-23-25(12-6-2)19-14-17(4)8-10-21(19)27-23/h7-10,13-15H,5-6,11-12H2,1-4H3/q+1. The largest absolute Gasteiger partial charge is 0.335 e. The van der Waals surface area contributed by atoms with Crippen LogP contribution in [-0.4, -0.2) is 6.54 Å². The van der Waals surface area contributed by atoms with E-state index in [1.165, 1.54) is 42.0 Å². The molecule has 1 aliphatic rings. The summed E-state index contributed by atoms with van der Waals surface area (Å²) in [4.78, 5) is 3.87. The minimum atomic E-state index is 1.06. The van der Waals surface area contributed by atoms with Crippen LogP contribution < -0.4 is 9.47 Å². The predicted octanol–water partition coefficient (Wildman–Crippen LogP) is 6.54. The molecule has 0 atom stereocenters. The highest BCUT2D eigenvalue weighted by Gasteiger charge is 2.27. The average Bonchev–Trinajstić information content (AvgIpc) is 3.15. The summed E-state index contributed by atoms with van der Waals surface area (Å²) in [5.41, 5.74) is 5.39. The molecule has 4 rings (SSSR count). The van der Waals surface area contributed by atoms with Gasteiger partial charge in [-0.3, -0.25) is 0 Å². The smallest absolute Gasteiger partial charge is 0.265 e. The van der Waals surface area contributed by atoms with Crippen LogP contribution in [0.4, 0.5) is 5.69 Å². The molecule has 0 N–H and O–H groups in total. The Bertz CT molecular complexity index is 1020. The number of anilines is 1. The van der Waals surface area contributed by atoms with Gasteiger partial charge >= 0.3 is 0 Å². The van der Waals surface area contributed by atoms with Crippen molar-refractivity contribution in [1.29, 1.82) is 0 Å². The molecule has 2 nitrogen and oxygen atoms in total.